The van der Waals surface area contributed by atoms with Crippen molar-refractivity contribution in [1.29, 1.82) is 0 Å². The van der Waals surface area contributed by atoms with E-state index < -0.39 is 10.0 Å². The molecule has 6 heteroatoms. The van der Waals surface area contributed by atoms with E-state index in [2.05, 4.69) is 4.98 Å². The molecule has 0 amide bonds. The molecule has 2 rings (SSSR count). The van der Waals surface area contributed by atoms with Crippen molar-refractivity contribution in [2.45, 2.75) is 11.3 Å². The van der Waals surface area contributed by atoms with Crippen LogP contribution in [0.25, 0.3) is 0 Å². The molecule has 0 saturated heterocycles. The quantitative estimate of drug-likeness (QED) is 0.859. The highest BCUT2D eigenvalue weighted by atomic mass is 32.2. The van der Waals surface area contributed by atoms with Gasteiger partial charge in [0.2, 0.25) is 10.0 Å². The SMILES string of the molecule is Nc1cccc(Cc2ccc(S(N)(=O)=O)cc2)n1. The number of nitrogens with two attached hydrogens (primary N) is 2. The summed E-state index contributed by atoms with van der Waals surface area (Å²) in [5.74, 6) is 0.466. The van der Waals surface area contributed by atoms with Crippen LogP contribution in [0.3, 0.4) is 0 Å². The first-order chi connectivity index (χ1) is 8.45. The van der Waals surface area contributed by atoms with Crippen LogP contribution in [0.1, 0.15) is 11.3 Å². The van der Waals surface area contributed by atoms with Gasteiger partial charge in [-0.2, -0.15) is 0 Å². The summed E-state index contributed by atoms with van der Waals surface area (Å²) in [6, 6.07) is 11.8. The Hall–Kier alpha value is -1.92. The Morgan fingerprint density at radius 2 is 1.72 bits per heavy atom. The highest BCUT2D eigenvalue weighted by molar-refractivity contribution is 7.89. The maximum absolute atomic E-state index is 11.1. The topological polar surface area (TPSA) is 99.1 Å². The highest BCUT2D eigenvalue weighted by Crippen LogP contribution is 2.12. The van der Waals surface area contributed by atoms with E-state index in [0.29, 0.717) is 12.2 Å². The van der Waals surface area contributed by atoms with Gasteiger partial charge in [-0.15, -0.1) is 0 Å². The van der Waals surface area contributed by atoms with Crippen LogP contribution in [-0.2, 0) is 16.4 Å². The Morgan fingerprint density at radius 1 is 1.06 bits per heavy atom. The standard InChI is InChI=1S/C12H13N3O2S/c13-12-3-1-2-10(15-12)8-9-4-6-11(7-5-9)18(14,16)17/h1-7H,8H2,(H2,13,15)(H2,14,16,17). The van der Waals surface area contributed by atoms with Crippen molar-refractivity contribution in [2.75, 3.05) is 5.73 Å². The summed E-state index contributed by atoms with van der Waals surface area (Å²) in [6.07, 6.45) is 0.593. The number of hydrogen-bond donors (Lipinski definition) is 2. The number of primary sulfonamides is 1. The number of sulfonamides is 1. The van der Waals surface area contributed by atoms with Gasteiger partial charge in [0.1, 0.15) is 5.82 Å². The zero-order valence-electron chi connectivity index (χ0n) is 9.58. The summed E-state index contributed by atoms with van der Waals surface area (Å²) in [7, 11) is -3.63. The molecular formula is C12H13N3O2S. The first kappa shape index (κ1) is 12.5. The molecule has 0 fully saturated rings. The van der Waals surface area contributed by atoms with E-state index in [1.165, 1.54) is 12.1 Å². The summed E-state index contributed by atoms with van der Waals surface area (Å²) in [6.45, 7) is 0. The molecule has 94 valence electrons. The van der Waals surface area contributed by atoms with Crippen LogP contribution in [0.15, 0.2) is 47.4 Å². The van der Waals surface area contributed by atoms with Gasteiger partial charge in [-0.25, -0.2) is 18.5 Å². The molecule has 0 spiro atoms. The minimum Gasteiger partial charge on any atom is -0.384 e. The van der Waals surface area contributed by atoms with Crippen LogP contribution < -0.4 is 10.9 Å². The predicted molar refractivity (Wildman–Crippen MR) is 69.3 cm³/mol. The molecule has 18 heavy (non-hydrogen) atoms. The van der Waals surface area contributed by atoms with Crippen LogP contribution in [-0.4, -0.2) is 13.4 Å². The molecule has 0 aliphatic rings. The number of nitrogen functional groups attached to an aromatic ring is 1. The van der Waals surface area contributed by atoms with Gasteiger partial charge in [-0.05, 0) is 29.8 Å². The van der Waals surface area contributed by atoms with E-state index in [9.17, 15) is 8.42 Å². The predicted octanol–water partition coefficient (Wildman–Crippen LogP) is 0.902. The molecule has 1 aromatic heterocycles. The van der Waals surface area contributed by atoms with E-state index in [4.69, 9.17) is 10.9 Å². The molecule has 0 unspecified atom stereocenters. The normalized spacial score (nSPS) is 11.4. The Morgan fingerprint density at radius 3 is 2.28 bits per heavy atom. The van der Waals surface area contributed by atoms with Gasteiger partial charge in [0, 0.05) is 12.1 Å². The maximum Gasteiger partial charge on any atom is 0.238 e. The fourth-order valence-electron chi connectivity index (χ4n) is 1.60. The summed E-state index contributed by atoms with van der Waals surface area (Å²) in [5.41, 5.74) is 7.36. The van der Waals surface area contributed by atoms with Gasteiger partial charge in [0.15, 0.2) is 0 Å². The van der Waals surface area contributed by atoms with Gasteiger partial charge >= 0.3 is 0 Å². The second-order valence-corrected chi connectivity index (χ2v) is 5.48. The zero-order valence-corrected chi connectivity index (χ0v) is 10.4. The van der Waals surface area contributed by atoms with Crippen LogP contribution in [0.5, 0.6) is 0 Å². The molecule has 0 bridgehead atoms. The lowest BCUT2D eigenvalue weighted by molar-refractivity contribution is 0.598. The van der Waals surface area contributed by atoms with Crippen molar-refractivity contribution < 1.29 is 8.42 Å². The van der Waals surface area contributed by atoms with Crippen LogP contribution >= 0.6 is 0 Å². The number of rotatable bonds is 3. The second-order valence-electron chi connectivity index (χ2n) is 3.92. The van der Waals surface area contributed by atoms with E-state index in [0.717, 1.165) is 11.3 Å². The Bertz CT molecular complexity index is 651. The summed E-state index contributed by atoms with van der Waals surface area (Å²) < 4.78 is 22.2. The molecule has 2 aromatic rings. The number of anilines is 1. The molecule has 0 radical (unpaired) electrons. The van der Waals surface area contributed by atoms with E-state index in [1.807, 2.05) is 12.1 Å². The van der Waals surface area contributed by atoms with Crippen molar-refractivity contribution in [3.63, 3.8) is 0 Å². The molecule has 5 nitrogen and oxygen atoms in total. The molecule has 0 saturated carbocycles. The third-order valence-corrected chi connectivity index (χ3v) is 3.39. The van der Waals surface area contributed by atoms with Gasteiger partial charge in [-0.1, -0.05) is 18.2 Å². The average Bonchev–Trinajstić information content (AvgIpc) is 2.28. The largest absolute Gasteiger partial charge is 0.384 e. The average molecular weight is 263 g/mol. The van der Waals surface area contributed by atoms with Crippen molar-refractivity contribution in [1.82, 2.24) is 4.98 Å². The summed E-state index contributed by atoms with van der Waals surface area (Å²) in [4.78, 5) is 4.28. The van der Waals surface area contributed by atoms with Crippen LogP contribution in [0.2, 0.25) is 0 Å². The number of pyridine rings is 1. The maximum atomic E-state index is 11.1. The number of hydrogen-bond acceptors (Lipinski definition) is 4. The fourth-order valence-corrected chi connectivity index (χ4v) is 2.12. The Balaban J connectivity index is 2.21. The third kappa shape index (κ3) is 3.06. The lowest BCUT2D eigenvalue weighted by atomic mass is 10.1. The Kier molecular flexibility index (Phi) is 3.31. The van der Waals surface area contributed by atoms with Gasteiger partial charge in [-0.3, -0.25) is 0 Å². The summed E-state index contributed by atoms with van der Waals surface area (Å²) >= 11 is 0. The molecule has 0 aliphatic carbocycles. The van der Waals surface area contributed by atoms with Crippen molar-refractivity contribution in [2.24, 2.45) is 5.14 Å². The van der Waals surface area contributed by atoms with E-state index in [-0.39, 0.29) is 4.90 Å². The van der Waals surface area contributed by atoms with Crippen molar-refractivity contribution in [3.8, 4) is 0 Å². The lowest BCUT2D eigenvalue weighted by Crippen LogP contribution is -2.11. The molecular weight excluding hydrogens is 250 g/mol. The minimum absolute atomic E-state index is 0.104. The fraction of sp³-hybridized carbons (Fsp3) is 0.0833. The zero-order chi connectivity index (χ0) is 13.2. The Labute approximate surface area is 106 Å². The third-order valence-electron chi connectivity index (χ3n) is 2.47. The van der Waals surface area contributed by atoms with Crippen LogP contribution in [0, 0.1) is 0 Å². The lowest BCUT2D eigenvalue weighted by Gasteiger charge is -2.03. The number of benzene rings is 1. The summed E-state index contributed by atoms with van der Waals surface area (Å²) in [5, 5.41) is 5.02. The van der Waals surface area contributed by atoms with Gasteiger partial charge in [0.25, 0.3) is 0 Å². The van der Waals surface area contributed by atoms with Crippen molar-refractivity contribution >= 4 is 15.8 Å². The molecule has 4 N–H and O–H groups in total. The first-order valence-corrected chi connectivity index (χ1v) is 6.83. The molecule has 1 aromatic carbocycles. The number of nitrogens with zero attached hydrogens (tertiary/aromatic N) is 1. The van der Waals surface area contributed by atoms with Crippen molar-refractivity contribution in [3.05, 3.63) is 53.7 Å². The van der Waals surface area contributed by atoms with Crippen LogP contribution in [0.4, 0.5) is 5.82 Å². The van der Waals surface area contributed by atoms with E-state index in [1.54, 1.807) is 18.2 Å². The van der Waals surface area contributed by atoms with Gasteiger partial charge in [0.05, 0.1) is 4.90 Å². The second kappa shape index (κ2) is 4.75. The first-order valence-electron chi connectivity index (χ1n) is 5.28. The molecule has 1 heterocycles. The smallest absolute Gasteiger partial charge is 0.238 e. The van der Waals surface area contributed by atoms with Gasteiger partial charge < -0.3 is 5.73 Å². The van der Waals surface area contributed by atoms with E-state index >= 15 is 0 Å². The number of aromatic nitrogens is 1. The molecule has 0 aliphatic heterocycles. The highest BCUT2D eigenvalue weighted by Gasteiger charge is 2.07. The minimum atomic E-state index is -3.63. The monoisotopic (exact) mass is 263 g/mol. The molecule has 0 atom stereocenters.